The van der Waals surface area contributed by atoms with Crippen molar-refractivity contribution in [3.05, 3.63) is 35.4 Å². The first-order valence-corrected chi connectivity index (χ1v) is 7.13. The first kappa shape index (κ1) is 16.4. The van der Waals surface area contributed by atoms with E-state index in [0.29, 0.717) is 0 Å². The van der Waals surface area contributed by atoms with Gasteiger partial charge in [-0.15, -0.1) is 12.8 Å². The van der Waals surface area contributed by atoms with E-state index >= 15 is 0 Å². The Labute approximate surface area is 125 Å². The lowest BCUT2D eigenvalue weighted by atomic mass is 9.74. The summed E-state index contributed by atoms with van der Waals surface area (Å²) < 4.78 is 0. The zero-order valence-electron chi connectivity index (χ0n) is 13.6. The standard InChI is InChI=1S/C20H26/c1-9-17(19(3,4)5)15-11-13-16(14-12-15)18(10-2)20(6,7)8/h1-2,11-14,17-18H,3-8H3. The van der Waals surface area contributed by atoms with Gasteiger partial charge < -0.3 is 0 Å². The van der Waals surface area contributed by atoms with E-state index in [0.717, 1.165) is 0 Å². The Balaban J connectivity index is 3.13. The van der Waals surface area contributed by atoms with Gasteiger partial charge >= 0.3 is 0 Å². The van der Waals surface area contributed by atoms with Gasteiger partial charge in [-0.3, -0.25) is 0 Å². The minimum atomic E-state index is 0.0613. The van der Waals surface area contributed by atoms with Crippen molar-refractivity contribution < 1.29 is 0 Å². The quantitative estimate of drug-likeness (QED) is 0.644. The summed E-state index contributed by atoms with van der Waals surface area (Å²) in [6, 6.07) is 8.50. The molecule has 1 rings (SSSR count). The van der Waals surface area contributed by atoms with E-state index in [1.165, 1.54) is 11.1 Å². The third kappa shape index (κ3) is 3.68. The van der Waals surface area contributed by atoms with Crippen LogP contribution in [0.1, 0.15) is 64.5 Å². The molecule has 0 aromatic heterocycles. The van der Waals surface area contributed by atoms with E-state index < -0.39 is 0 Å². The highest BCUT2D eigenvalue weighted by atomic mass is 14.3. The van der Waals surface area contributed by atoms with Gasteiger partial charge in [0.05, 0.1) is 0 Å². The monoisotopic (exact) mass is 266 g/mol. The summed E-state index contributed by atoms with van der Waals surface area (Å²) in [4.78, 5) is 0. The van der Waals surface area contributed by atoms with Crippen LogP contribution in [0.2, 0.25) is 0 Å². The lowest BCUT2D eigenvalue weighted by Gasteiger charge is -2.29. The SMILES string of the molecule is C#CC(c1ccc(C(C#C)C(C)(C)C)cc1)C(C)(C)C. The smallest absolute Gasteiger partial charge is 0.0497 e. The van der Waals surface area contributed by atoms with Crippen molar-refractivity contribution >= 4 is 0 Å². The molecule has 2 unspecified atom stereocenters. The Hall–Kier alpha value is -1.66. The highest BCUT2D eigenvalue weighted by Crippen LogP contribution is 2.37. The summed E-state index contributed by atoms with van der Waals surface area (Å²) in [6.07, 6.45) is 11.4. The average Bonchev–Trinajstić information content (AvgIpc) is 2.29. The van der Waals surface area contributed by atoms with Crippen LogP contribution in [0.25, 0.3) is 0 Å². The Bertz CT molecular complexity index is 467. The van der Waals surface area contributed by atoms with E-state index in [1.54, 1.807) is 0 Å². The molecular weight excluding hydrogens is 240 g/mol. The normalized spacial score (nSPS) is 15.0. The third-order valence-electron chi connectivity index (χ3n) is 3.67. The molecule has 0 saturated carbocycles. The minimum absolute atomic E-state index is 0.0613. The molecule has 0 aliphatic carbocycles. The zero-order valence-corrected chi connectivity index (χ0v) is 13.6. The summed E-state index contributed by atoms with van der Waals surface area (Å²) in [5.74, 6) is 6.06. The predicted octanol–water partition coefficient (Wildman–Crippen LogP) is 5.21. The topological polar surface area (TPSA) is 0 Å². The van der Waals surface area contributed by atoms with Crippen LogP contribution in [0.15, 0.2) is 24.3 Å². The maximum absolute atomic E-state index is 5.70. The fraction of sp³-hybridized carbons (Fsp3) is 0.500. The molecule has 0 amide bonds. The van der Waals surface area contributed by atoms with Crippen molar-refractivity contribution in [1.29, 1.82) is 0 Å². The van der Waals surface area contributed by atoms with Gasteiger partial charge in [0.2, 0.25) is 0 Å². The van der Waals surface area contributed by atoms with Crippen LogP contribution in [0.4, 0.5) is 0 Å². The maximum Gasteiger partial charge on any atom is 0.0497 e. The zero-order chi connectivity index (χ0) is 15.6. The molecule has 1 aromatic carbocycles. The van der Waals surface area contributed by atoms with Crippen molar-refractivity contribution in [3.8, 4) is 24.7 Å². The lowest BCUT2D eigenvalue weighted by Crippen LogP contribution is -2.18. The summed E-state index contributed by atoms with van der Waals surface area (Å²) in [6.45, 7) is 13.0. The second-order valence-corrected chi connectivity index (χ2v) is 7.60. The molecule has 0 N–H and O–H groups in total. The molecule has 0 radical (unpaired) electrons. The van der Waals surface area contributed by atoms with E-state index in [4.69, 9.17) is 12.8 Å². The lowest BCUT2D eigenvalue weighted by molar-refractivity contribution is 0.371. The first-order valence-electron chi connectivity index (χ1n) is 7.13. The summed E-state index contributed by atoms with van der Waals surface area (Å²) in [5.41, 5.74) is 2.50. The van der Waals surface area contributed by atoms with Crippen LogP contribution < -0.4 is 0 Å². The molecule has 0 fully saturated rings. The van der Waals surface area contributed by atoms with E-state index in [-0.39, 0.29) is 22.7 Å². The van der Waals surface area contributed by atoms with Crippen molar-refractivity contribution in [2.45, 2.75) is 53.4 Å². The van der Waals surface area contributed by atoms with Crippen LogP contribution in [-0.4, -0.2) is 0 Å². The van der Waals surface area contributed by atoms with Crippen molar-refractivity contribution in [3.63, 3.8) is 0 Å². The number of hydrogen-bond acceptors (Lipinski definition) is 0. The van der Waals surface area contributed by atoms with Gasteiger partial charge in [-0.05, 0) is 22.0 Å². The fourth-order valence-corrected chi connectivity index (χ4v) is 2.57. The highest BCUT2D eigenvalue weighted by Gasteiger charge is 2.26. The Morgan fingerprint density at radius 3 is 1.10 bits per heavy atom. The van der Waals surface area contributed by atoms with Gasteiger partial charge in [-0.1, -0.05) is 77.6 Å². The number of hydrogen-bond donors (Lipinski definition) is 0. The Morgan fingerprint density at radius 2 is 0.950 bits per heavy atom. The first-order chi connectivity index (χ1) is 9.11. The molecule has 0 saturated heterocycles. The molecule has 0 spiro atoms. The molecule has 1 aromatic rings. The van der Waals surface area contributed by atoms with Crippen LogP contribution >= 0.6 is 0 Å². The Morgan fingerprint density at radius 1 is 0.700 bits per heavy atom. The average molecular weight is 266 g/mol. The summed E-state index contributed by atoms with van der Waals surface area (Å²) in [7, 11) is 0. The fourth-order valence-electron chi connectivity index (χ4n) is 2.57. The van der Waals surface area contributed by atoms with Gasteiger partial charge in [0, 0.05) is 11.8 Å². The number of terminal acetylenes is 2. The molecule has 0 aliphatic rings. The molecular formula is C20H26. The Kier molecular flexibility index (Phi) is 4.73. The van der Waals surface area contributed by atoms with Crippen molar-refractivity contribution in [1.82, 2.24) is 0 Å². The van der Waals surface area contributed by atoms with Crippen molar-refractivity contribution in [2.75, 3.05) is 0 Å². The molecule has 2 atom stereocenters. The molecule has 106 valence electrons. The molecule has 0 aliphatic heterocycles. The van der Waals surface area contributed by atoms with Gasteiger partial charge in [-0.2, -0.15) is 0 Å². The van der Waals surface area contributed by atoms with Crippen LogP contribution in [0, 0.1) is 35.5 Å². The largest absolute Gasteiger partial charge is 0.119 e. The van der Waals surface area contributed by atoms with E-state index in [2.05, 4.69) is 77.6 Å². The van der Waals surface area contributed by atoms with Gasteiger partial charge in [0.1, 0.15) is 0 Å². The van der Waals surface area contributed by atoms with Crippen LogP contribution in [-0.2, 0) is 0 Å². The second-order valence-electron chi connectivity index (χ2n) is 7.60. The molecule has 0 heterocycles. The van der Waals surface area contributed by atoms with E-state index in [9.17, 15) is 0 Å². The van der Waals surface area contributed by atoms with Gasteiger partial charge in [0.25, 0.3) is 0 Å². The maximum atomic E-state index is 5.70. The van der Waals surface area contributed by atoms with Crippen molar-refractivity contribution in [2.24, 2.45) is 10.8 Å². The third-order valence-corrected chi connectivity index (χ3v) is 3.67. The molecule has 0 heteroatoms. The van der Waals surface area contributed by atoms with E-state index in [1.807, 2.05) is 0 Å². The highest BCUT2D eigenvalue weighted by molar-refractivity contribution is 5.36. The summed E-state index contributed by atoms with van der Waals surface area (Å²) in [5, 5.41) is 0. The van der Waals surface area contributed by atoms with Gasteiger partial charge in [-0.25, -0.2) is 0 Å². The van der Waals surface area contributed by atoms with Crippen LogP contribution in [0.5, 0.6) is 0 Å². The number of benzene rings is 1. The second kappa shape index (κ2) is 5.76. The number of rotatable bonds is 2. The molecule has 0 nitrogen and oxygen atoms in total. The molecule has 20 heavy (non-hydrogen) atoms. The van der Waals surface area contributed by atoms with Gasteiger partial charge in [0.15, 0.2) is 0 Å². The van der Waals surface area contributed by atoms with Crippen LogP contribution in [0.3, 0.4) is 0 Å². The predicted molar refractivity (Wildman–Crippen MR) is 88.5 cm³/mol. The minimum Gasteiger partial charge on any atom is -0.119 e. The summed E-state index contributed by atoms with van der Waals surface area (Å²) >= 11 is 0. The molecule has 0 bridgehead atoms.